The molecule has 14 heteroatoms. The highest BCUT2D eigenvalue weighted by molar-refractivity contribution is 6.01. The van der Waals surface area contributed by atoms with E-state index in [1.165, 1.54) is 30.4 Å². The lowest BCUT2D eigenvalue weighted by Gasteiger charge is -2.41. The first kappa shape index (κ1) is 40.5. The third kappa shape index (κ3) is 8.50. The highest BCUT2D eigenvalue weighted by Crippen LogP contribution is 2.48. The van der Waals surface area contributed by atoms with Gasteiger partial charge in [-0.15, -0.1) is 0 Å². The maximum atomic E-state index is 16.0. The number of aromatic nitrogens is 4. The summed E-state index contributed by atoms with van der Waals surface area (Å²) < 4.78 is 16.0. The van der Waals surface area contributed by atoms with Gasteiger partial charge in [0.15, 0.2) is 5.82 Å². The predicted octanol–water partition coefficient (Wildman–Crippen LogP) is 5.30. The lowest BCUT2D eigenvalue weighted by atomic mass is 9.94. The minimum atomic E-state index is -0.811. The standard InChI is InChI=1S/C46H59FN10O3/c1-46(13-14-46)26-33-5-7-37-35(24-33)43(52-51-37)38-25-41(50-30-49-38)56-17-11-32(12-18-56)28-54-21-19-53(20-22-54)27-31-9-15-55(16-10-31)39-8-6-34-36(42(39)47)29-57(45(34)60)40(4-3-23-58)44(59)48-2/h5-8,23-25,30-32,40H,3-4,9-22,26-29H2,1-2H3,(H,48,59)(H,51,52). The Bertz CT molecular complexity index is 2200. The molecule has 318 valence electrons. The van der Waals surface area contributed by atoms with Gasteiger partial charge in [-0.2, -0.15) is 5.10 Å². The number of carbonyl (C=O) groups is 3. The molecular formula is C46H59FN10O3. The van der Waals surface area contributed by atoms with Crippen molar-refractivity contribution in [2.24, 2.45) is 17.3 Å². The minimum absolute atomic E-state index is 0.0295. The molecule has 6 heterocycles. The number of aromatic amines is 1. The number of rotatable bonds is 14. The van der Waals surface area contributed by atoms with Crippen LogP contribution in [-0.2, 0) is 22.6 Å². The van der Waals surface area contributed by atoms with Crippen LogP contribution in [0.4, 0.5) is 15.9 Å². The van der Waals surface area contributed by atoms with Crippen LogP contribution in [0.15, 0.2) is 42.7 Å². The Labute approximate surface area is 352 Å². The molecule has 0 bridgehead atoms. The second kappa shape index (κ2) is 17.2. The number of likely N-dealkylation sites (N-methyl/N-ethyl adjacent to an activating group) is 1. The average molecular weight is 819 g/mol. The molecule has 1 saturated carbocycles. The van der Waals surface area contributed by atoms with Crippen molar-refractivity contribution in [2.45, 2.75) is 77.3 Å². The Morgan fingerprint density at radius 2 is 1.62 bits per heavy atom. The topological polar surface area (TPSA) is 134 Å². The van der Waals surface area contributed by atoms with E-state index >= 15 is 4.39 Å². The highest BCUT2D eigenvalue weighted by Gasteiger charge is 2.39. The number of piperidine rings is 2. The van der Waals surface area contributed by atoms with Crippen LogP contribution in [-0.4, -0.2) is 132 Å². The lowest BCUT2D eigenvalue weighted by Crippen LogP contribution is -2.50. The number of piperazine rings is 1. The van der Waals surface area contributed by atoms with Crippen molar-refractivity contribution >= 4 is 40.5 Å². The summed E-state index contributed by atoms with van der Waals surface area (Å²) in [5.74, 6) is 1.15. The van der Waals surface area contributed by atoms with Crippen LogP contribution in [0.5, 0.6) is 0 Å². The van der Waals surface area contributed by atoms with Crippen LogP contribution in [0.2, 0.25) is 0 Å². The van der Waals surface area contributed by atoms with Crippen molar-refractivity contribution in [3.63, 3.8) is 0 Å². The van der Waals surface area contributed by atoms with Crippen molar-refractivity contribution in [3.8, 4) is 11.4 Å². The molecule has 1 atom stereocenters. The van der Waals surface area contributed by atoms with Crippen LogP contribution in [0.1, 0.15) is 79.8 Å². The third-order valence-electron chi connectivity index (χ3n) is 14.2. The van der Waals surface area contributed by atoms with E-state index in [1.54, 1.807) is 18.5 Å². The molecule has 13 nitrogen and oxygen atoms in total. The zero-order valence-corrected chi connectivity index (χ0v) is 35.2. The van der Waals surface area contributed by atoms with Crippen molar-refractivity contribution in [1.29, 1.82) is 0 Å². The Kier molecular flexibility index (Phi) is 11.6. The number of fused-ring (bicyclic) bond motifs is 2. The molecule has 2 aromatic carbocycles. The van der Waals surface area contributed by atoms with Crippen LogP contribution in [0, 0.1) is 23.1 Å². The van der Waals surface area contributed by atoms with Gasteiger partial charge in [0.05, 0.1) is 23.4 Å². The van der Waals surface area contributed by atoms with Gasteiger partial charge in [0.1, 0.15) is 30.2 Å². The Hall–Kier alpha value is -4.95. The molecule has 1 unspecified atom stereocenters. The fourth-order valence-electron chi connectivity index (χ4n) is 10.2. The van der Waals surface area contributed by atoms with Gasteiger partial charge in [-0.3, -0.25) is 14.7 Å². The van der Waals surface area contributed by atoms with Gasteiger partial charge in [0.2, 0.25) is 5.91 Å². The second-order valence-corrected chi connectivity index (χ2v) is 18.4. The van der Waals surface area contributed by atoms with Gasteiger partial charge in [-0.25, -0.2) is 14.4 Å². The van der Waals surface area contributed by atoms with Gasteiger partial charge in [-0.1, -0.05) is 13.0 Å². The smallest absolute Gasteiger partial charge is 0.255 e. The molecule has 1 aliphatic carbocycles. The lowest BCUT2D eigenvalue weighted by molar-refractivity contribution is -0.125. The molecule has 4 fully saturated rings. The summed E-state index contributed by atoms with van der Waals surface area (Å²) in [7, 11) is 1.50. The van der Waals surface area contributed by atoms with E-state index < -0.39 is 6.04 Å². The largest absolute Gasteiger partial charge is 0.369 e. The van der Waals surface area contributed by atoms with Gasteiger partial charge >= 0.3 is 0 Å². The summed E-state index contributed by atoms with van der Waals surface area (Å²) in [6.07, 6.45) is 10.8. The van der Waals surface area contributed by atoms with Gasteiger partial charge in [0.25, 0.3) is 5.91 Å². The van der Waals surface area contributed by atoms with Gasteiger partial charge in [0, 0.05) is 101 Å². The number of nitrogens with zero attached hydrogens (tertiary/aromatic N) is 8. The molecule has 4 aliphatic heterocycles. The number of amides is 2. The van der Waals surface area contributed by atoms with E-state index in [-0.39, 0.29) is 37.0 Å². The summed E-state index contributed by atoms with van der Waals surface area (Å²) in [6.45, 7) is 12.5. The summed E-state index contributed by atoms with van der Waals surface area (Å²) in [5.41, 5.74) is 5.81. The fraction of sp³-hybridized carbons (Fsp3) is 0.565. The number of halogens is 1. The van der Waals surface area contributed by atoms with E-state index in [1.807, 2.05) is 0 Å². The number of hydrogen-bond donors (Lipinski definition) is 2. The number of H-pyrrole nitrogens is 1. The Morgan fingerprint density at radius 3 is 2.27 bits per heavy atom. The quantitative estimate of drug-likeness (QED) is 0.162. The molecule has 2 aromatic heterocycles. The van der Waals surface area contributed by atoms with Crippen molar-refractivity contribution in [2.75, 3.05) is 82.3 Å². The number of anilines is 2. The average Bonchev–Trinajstić information content (AvgIpc) is 3.69. The highest BCUT2D eigenvalue weighted by atomic mass is 19.1. The minimum Gasteiger partial charge on any atom is -0.369 e. The van der Waals surface area contributed by atoms with E-state index in [0.717, 1.165) is 132 Å². The fourth-order valence-corrected chi connectivity index (χ4v) is 10.2. The molecule has 9 rings (SSSR count). The maximum absolute atomic E-state index is 16.0. The van der Waals surface area contributed by atoms with E-state index in [2.05, 4.69) is 71.3 Å². The van der Waals surface area contributed by atoms with E-state index in [9.17, 15) is 14.4 Å². The zero-order valence-electron chi connectivity index (χ0n) is 35.2. The van der Waals surface area contributed by atoms with Crippen LogP contribution < -0.4 is 15.1 Å². The van der Waals surface area contributed by atoms with Crippen molar-refractivity contribution in [1.82, 2.24) is 40.2 Å². The normalized spacial score (nSPS) is 20.8. The first-order valence-corrected chi connectivity index (χ1v) is 22.2. The Morgan fingerprint density at radius 1 is 0.933 bits per heavy atom. The number of hydrogen-bond acceptors (Lipinski definition) is 10. The van der Waals surface area contributed by atoms with Gasteiger partial charge in [-0.05, 0) is 98.4 Å². The maximum Gasteiger partial charge on any atom is 0.255 e. The van der Waals surface area contributed by atoms with Crippen molar-refractivity contribution in [3.05, 3.63) is 65.2 Å². The molecule has 5 aliphatic rings. The van der Waals surface area contributed by atoms with Crippen molar-refractivity contribution < 1.29 is 18.8 Å². The number of carbonyl (C=O) groups excluding carboxylic acids is 3. The molecule has 2 N–H and O–H groups in total. The molecular weight excluding hydrogens is 760 g/mol. The molecule has 4 aromatic rings. The molecule has 0 radical (unpaired) electrons. The summed E-state index contributed by atoms with van der Waals surface area (Å²) >= 11 is 0. The zero-order chi connectivity index (χ0) is 41.4. The molecule has 2 amide bonds. The van der Waals surface area contributed by atoms with Crippen LogP contribution >= 0.6 is 0 Å². The molecule has 0 spiro atoms. The summed E-state index contributed by atoms with van der Waals surface area (Å²) in [6, 6.07) is 11.4. The molecule has 3 saturated heterocycles. The summed E-state index contributed by atoms with van der Waals surface area (Å²) in [4.78, 5) is 57.4. The predicted molar refractivity (Wildman–Crippen MR) is 230 cm³/mol. The number of aldehydes is 1. The first-order chi connectivity index (χ1) is 29.2. The second-order valence-electron chi connectivity index (χ2n) is 18.4. The van der Waals surface area contributed by atoms with E-state index in [0.29, 0.717) is 34.1 Å². The Balaban J connectivity index is 0.716. The van der Waals surface area contributed by atoms with Crippen LogP contribution in [0.3, 0.4) is 0 Å². The third-order valence-corrected chi connectivity index (χ3v) is 14.2. The number of nitrogens with one attached hydrogen (secondary N) is 2. The summed E-state index contributed by atoms with van der Waals surface area (Å²) in [5, 5.41) is 11.6. The molecule has 60 heavy (non-hydrogen) atoms. The van der Waals surface area contributed by atoms with Gasteiger partial charge < -0.3 is 34.6 Å². The SMILES string of the molecule is CNC(=O)C(CCC=O)N1Cc2c(ccc(N3CCC(CN4CCN(CC5CCN(c6cc(-c7n[nH]c8ccc(CC9(C)CC9)cc78)ncn6)CC5)CC4)CC3)c2F)C1=O. The monoisotopic (exact) mass is 818 g/mol. The van der Waals surface area contributed by atoms with Crippen LogP contribution in [0.25, 0.3) is 22.3 Å². The van der Waals surface area contributed by atoms with E-state index in [4.69, 9.17) is 4.98 Å². The first-order valence-electron chi connectivity index (χ1n) is 22.2. The number of benzene rings is 2.